The maximum absolute atomic E-state index is 15.5. The fraction of sp³-hybridized carbons (Fsp3) is 0.364. The van der Waals surface area contributed by atoms with Gasteiger partial charge in [0, 0.05) is 48.8 Å². The summed E-state index contributed by atoms with van der Waals surface area (Å²) in [6.07, 6.45) is 8.62. The largest absolute Gasteiger partial charge is 0.489 e. The second-order valence-electron chi connectivity index (χ2n) is 17.3. The van der Waals surface area contributed by atoms with Crippen molar-refractivity contribution in [3.63, 3.8) is 0 Å². The number of amides is 1. The lowest BCUT2D eigenvalue weighted by Crippen LogP contribution is -2.70. The molecule has 5 aromatic rings. The standard InChI is InChI=1S/C55H58FN3O7/c1-3-30-64-55-51(59(54(62)39-24-22-37(34-57)23-25-39)35-41-18-13-17-38-14-5-7-19-44(38)41)33-49(58-65-4-2)46-31-40(15-9-11-28-60)45(20-10-12-29-61)52(53(46)55)47-32-43(26-27-50(47)66-55)63-36-42-16-6-8-21-48(42)56/h3,5-8,13-14,16-19,21-27,31-32,40,45,51-53,60-61H,1,4,9-12,15,20,28-30,33,35-36H2,2H3/t40-,45+,51-,52+,53+,55+/m0/s1. The molecule has 6 atom stereocenters. The monoisotopic (exact) mass is 891 g/mol. The van der Waals surface area contributed by atoms with Crippen LogP contribution in [0.1, 0.15) is 90.4 Å². The van der Waals surface area contributed by atoms with Crippen molar-refractivity contribution in [1.29, 1.82) is 5.26 Å². The molecule has 1 aliphatic heterocycles. The van der Waals surface area contributed by atoms with Crippen LogP contribution in [0.2, 0.25) is 0 Å². The first-order chi connectivity index (χ1) is 32.3. The molecule has 66 heavy (non-hydrogen) atoms. The first-order valence-corrected chi connectivity index (χ1v) is 23.2. The summed E-state index contributed by atoms with van der Waals surface area (Å²) < 4.78 is 35.9. The lowest BCUT2D eigenvalue weighted by Gasteiger charge is -2.60. The predicted octanol–water partition coefficient (Wildman–Crippen LogP) is 10.4. The van der Waals surface area contributed by atoms with Gasteiger partial charge in [0.15, 0.2) is 0 Å². The molecule has 0 radical (unpaired) electrons. The number of nitriles is 1. The third-order valence-electron chi connectivity index (χ3n) is 13.4. The molecular formula is C55H58FN3O7. The molecule has 2 N–H and O–H groups in total. The van der Waals surface area contributed by atoms with Crippen LogP contribution < -0.4 is 9.47 Å². The van der Waals surface area contributed by atoms with Crippen LogP contribution in [0.4, 0.5) is 4.39 Å². The lowest BCUT2D eigenvalue weighted by molar-refractivity contribution is -0.255. The first kappa shape index (κ1) is 46.2. The van der Waals surface area contributed by atoms with Crippen molar-refractivity contribution in [3.8, 4) is 17.6 Å². The van der Waals surface area contributed by atoms with Crippen molar-refractivity contribution < 1.29 is 38.4 Å². The number of unbranched alkanes of at least 4 members (excludes halogenated alkanes) is 2. The van der Waals surface area contributed by atoms with Gasteiger partial charge in [0.05, 0.1) is 29.9 Å². The smallest absolute Gasteiger partial charge is 0.254 e. The summed E-state index contributed by atoms with van der Waals surface area (Å²) in [6, 6.07) is 34.6. The maximum atomic E-state index is 15.5. The minimum atomic E-state index is -1.50. The molecule has 0 spiro atoms. The van der Waals surface area contributed by atoms with Crippen molar-refractivity contribution in [1.82, 2.24) is 4.90 Å². The summed E-state index contributed by atoms with van der Waals surface area (Å²) in [4.78, 5) is 23.3. The van der Waals surface area contributed by atoms with Gasteiger partial charge in [-0.3, -0.25) is 4.79 Å². The molecule has 0 saturated heterocycles. The van der Waals surface area contributed by atoms with Crippen molar-refractivity contribution in [2.24, 2.45) is 22.9 Å². The Morgan fingerprint density at radius 3 is 2.45 bits per heavy atom. The summed E-state index contributed by atoms with van der Waals surface area (Å²) >= 11 is 0. The molecule has 1 amide bonds. The van der Waals surface area contributed by atoms with E-state index in [0.717, 1.165) is 53.2 Å². The number of halogens is 1. The number of aliphatic hydroxyl groups is 2. The number of carbonyl (C=O) groups is 1. The van der Waals surface area contributed by atoms with E-state index in [4.69, 9.17) is 24.2 Å². The van der Waals surface area contributed by atoms with Crippen molar-refractivity contribution in [2.45, 2.75) is 82.8 Å². The summed E-state index contributed by atoms with van der Waals surface area (Å²) in [5.41, 5.74) is 4.69. The van der Waals surface area contributed by atoms with E-state index in [-0.39, 0.29) is 68.9 Å². The molecule has 342 valence electrons. The van der Waals surface area contributed by atoms with Crippen molar-refractivity contribution in [3.05, 3.63) is 167 Å². The van der Waals surface area contributed by atoms with Crippen molar-refractivity contribution >= 4 is 22.4 Å². The maximum Gasteiger partial charge on any atom is 0.254 e. The van der Waals surface area contributed by atoms with Crippen LogP contribution in [-0.2, 0) is 22.7 Å². The van der Waals surface area contributed by atoms with Crippen LogP contribution in [0, 0.1) is 34.9 Å². The molecule has 11 heteroatoms. The van der Waals surface area contributed by atoms with Crippen LogP contribution in [-0.4, -0.2) is 65.0 Å². The van der Waals surface area contributed by atoms with E-state index in [1.54, 1.807) is 48.5 Å². The third-order valence-corrected chi connectivity index (χ3v) is 13.4. The average Bonchev–Trinajstić information content (AvgIpc) is 3.35. The van der Waals surface area contributed by atoms with Gasteiger partial charge >= 0.3 is 0 Å². The van der Waals surface area contributed by atoms with E-state index in [2.05, 4.69) is 36.9 Å². The molecule has 1 saturated carbocycles. The minimum Gasteiger partial charge on any atom is -0.489 e. The number of ether oxygens (including phenoxy) is 3. The molecule has 10 nitrogen and oxygen atoms in total. The van der Waals surface area contributed by atoms with Gasteiger partial charge < -0.3 is 34.2 Å². The summed E-state index contributed by atoms with van der Waals surface area (Å²) in [5.74, 6) is -1.80. The van der Waals surface area contributed by atoms with Gasteiger partial charge in [-0.05, 0) is 115 Å². The van der Waals surface area contributed by atoms with Gasteiger partial charge in [-0.25, -0.2) is 4.39 Å². The fourth-order valence-corrected chi connectivity index (χ4v) is 10.4. The Labute approximate surface area is 386 Å². The summed E-state index contributed by atoms with van der Waals surface area (Å²) in [7, 11) is 0. The number of rotatable bonds is 20. The Hall–Kier alpha value is -6.32. The van der Waals surface area contributed by atoms with Crippen LogP contribution in [0.25, 0.3) is 10.8 Å². The van der Waals surface area contributed by atoms with Gasteiger partial charge in [-0.1, -0.05) is 90.8 Å². The zero-order valence-corrected chi connectivity index (χ0v) is 37.5. The van der Waals surface area contributed by atoms with E-state index in [0.29, 0.717) is 53.3 Å². The van der Waals surface area contributed by atoms with E-state index in [1.165, 1.54) is 6.07 Å². The van der Waals surface area contributed by atoms with E-state index >= 15 is 4.79 Å². The number of allylic oxidation sites excluding steroid dienone is 1. The number of fused-ring (bicyclic) bond motifs is 3. The second-order valence-corrected chi connectivity index (χ2v) is 17.3. The third kappa shape index (κ3) is 9.50. The fourth-order valence-electron chi connectivity index (χ4n) is 10.4. The molecule has 2 aliphatic carbocycles. The Bertz CT molecular complexity index is 2600. The van der Waals surface area contributed by atoms with E-state index in [1.807, 2.05) is 54.3 Å². The molecule has 0 aromatic heterocycles. The highest BCUT2D eigenvalue weighted by molar-refractivity contribution is 6.03. The highest BCUT2D eigenvalue weighted by atomic mass is 19.1. The van der Waals surface area contributed by atoms with Gasteiger partial charge in [0.25, 0.3) is 5.91 Å². The first-order valence-electron chi connectivity index (χ1n) is 23.2. The molecular weight excluding hydrogens is 834 g/mol. The Morgan fingerprint density at radius 2 is 1.70 bits per heavy atom. The molecule has 3 aliphatic rings. The van der Waals surface area contributed by atoms with Gasteiger partial charge in [0.1, 0.15) is 36.6 Å². The molecule has 5 aromatic carbocycles. The van der Waals surface area contributed by atoms with E-state index < -0.39 is 17.7 Å². The average molecular weight is 892 g/mol. The Kier molecular flexibility index (Phi) is 14.9. The number of hydrogen-bond acceptors (Lipinski definition) is 9. The van der Waals surface area contributed by atoms with Crippen molar-refractivity contribution in [2.75, 3.05) is 26.4 Å². The molecule has 1 fully saturated rings. The molecule has 0 bridgehead atoms. The number of hydrogen-bond donors (Lipinski definition) is 2. The van der Waals surface area contributed by atoms with Gasteiger partial charge in [-0.15, -0.1) is 6.58 Å². The van der Waals surface area contributed by atoms with Crippen LogP contribution in [0.5, 0.6) is 11.5 Å². The Morgan fingerprint density at radius 1 is 0.955 bits per heavy atom. The van der Waals surface area contributed by atoms with E-state index in [9.17, 15) is 19.9 Å². The highest BCUT2D eigenvalue weighted by Crippen LogP contribution is 2.62. The summed E-state index contributed by atoms with van der Waals surface area (Å²) in [5, 5.41) is 36.6. The number of carbonyl (C=O) groups excluding carboxylic acids is 1. The van der Waals surface area contributed by atoms with Crippen LogP contribution >= 0.6 is 0 Å². The summed E-state index contributed by atoms with van der Waals surface area (Å²) in [6.45, 7) is 6.74. The highest BCUT2D eigenvalue weighted by Gasteiger charge is 2.65. The molecule has 8 rings (SSSR count). The normalized spacial score (nSPS) is 22.3. The van der Waals surface area contributed by atoms with Gasteiger partial charge in [0.2, 0.25) is 5.79 Å². The Balaban J connectivity index is 1.36. The van der Waals surface area contributed by atoms with Gasteiger partial charge in [-0.2, -0.15) is 5.26 Å². The minimum absolute atomic E-state index is 0.00648. The quantitative estimate of drug-likeness (QED) is 0.0448. The van der Waals surface area contributed by atoms with Crippen LogP contribution in [0.15, 0.2) is 139 Å². The molecule has 1 heterocycles. The SMILES string of the molecule is C=CCO[C@@]12Oc3ccc(OCc4ccccc4F)cc3[C@H]3[C@H](CCCCO)[C@@H](CCCCO)C=C(C(=NOCC)C[C@@H]1N(Cc1cccc4ccccc14)C(=O)c1ccc(C#N)cc1)[C@H]32. The predicted molar refractivity (Wildman–Crippen MR) is 252 cm³/mol. The lowest BCUT2D eigenvalue weighted by atomic mass is 9.55. The number of aliphatic hydroxyl groups excluding tert-OH is 2. The number of benzene rings is 5. The van der Waals surface area contributed by atoms with Crippen LogP contribution in [0.3, 0.4) is 0 Å². The zero-order chi connectivity index (χ0) is 46.0. The molecule has 0 unspecified atom stereocenters. The zero-order valence-electron chi connectivity index (χ0n) is 37.5. The topological polar surface area (TPSA) is 134 Å². The number of nitrogens with zero attached hydrogens (tertiary/aromatic N) is 3. The second kappa shape index (κ2) is 21.3. The number of oxime groups is 1.